The van der Waals surface area contributed by atoms with Gasteiger partial charge in [0.15, 0.2) is 16.6 Å². The van der Waals surface area contributed by atoms with E-state index in [0.717, 1.165) is 6.54 Å². The van der Waals surface area contributed by atoms with Crippen LogP contribution in [0.4, 0.5) is 5.13 Å². The molecule has 1 aromatic heterocycles. The maximum Gasteiger partial charge on any atom is 0.358 e. The van der Waals surface area contributed by atoms with E-state index < -0.39 is 5.97 Å². The predicted octanol–water partition coefficient (Wildman–Crippen LogP) is 2.30. The van der Waals surface area contributed by atoms with E-state index in [4.69, 9.17) is 0 Å². The molecule has 18 heavy (non-hydrogen) atoms. The Labute approximate surface area is 114 Å². The van der Waals surface area contributed by atoms with Crippen LogP contribution in [0.1, 0.15) is 34.0 Å². The van der Waals surface area contributed by atoms with Crippen molar-refractivity contribution in [3.8, 4) is 0 Å². The largest absolute Gasteiger partial charge is 0.464 e. The van der Waals surface area contributed by atoms with Gasteiger partial charge in [0.05, 0.1) is 7.11 Å². The molecule has 0 amide bonds. The van der Waals surface area contributed by atoms with E-state index in [0.29, 0.717) is 15.3 Å². The molecule has 1 rings (SSSR count). The Morgan fingerprint density at radius 2 is 2.22 bits per heavy atom. The van der Waals surface area contributed by atoms with Crippen molar-refractivity contribution in [2.75, 3.05) is 25.2 Å². The van der Waals surface area contributed by atoms with Crippen LogP contribution >= 0.6 is 23.1 Å². The van der Waals surface area contributed by atoms with Crippen LogP contribution < -0.4 is 5.32 Å². The first kappa shape index (κ1) is 15.0. The minimum atomic E-state index is -0.581. The monoisotopic (exact) mass is 288 g/mol. The lowest BCUT2D eigenvalue weighted by Gasteiger charge is -2.07. The lowest BCUT2D eigenvalue weighted by atomic mass is 10.3. The normalized spacial score (nSPS) is 12.0. The average molecular weight is 288 g/mol. The van der Waals surface area contributed by atoms with Gasteiger partial charge in [0, 0.05) is 18.7 Å². The second kappa shape index (κ2) is 6.75. The number of ketones is 1. The number of thioether (sulfide) groups is 1. The van der Waals surface area contributed by atoms with Crippen molar-refractivity contribution in [1.82, 2.24) is 4.98 Å². The van der Waals surface area contributed by atoms with Gasteiger partial charge >= 0.3 is 5.97 Å². The first-order valence-electron chi connectivity index (χ1n) is 5.36. The highest BCUT2D eigenvalue weighted by atomic mass is 32.2. The second-order valence-corrected chi connectivity index (χ2v) is 5.95. The summed E-state index contributed by atoms with van der Waals surface area (Å²) < 4.78 is 4.61. The van der Waals surface area contributed by atoms with Gasteiger partial charge < -0.3 is 10.1 Å². The molecule has 1 heterocycles. The standard InChI is InChI=1S/C11H16N2O3S2/c1-6(17-4)5-12-11-13-8(10(15)16-3)9(18-11)7(2)14/h6H,5H2,1-4H3,(H,12,13). The van der Waals surface area contributed by atoms with Crippen LogP contribution in [0.2, 0.25) is 0 Å². The minimum Gasteiger partial charge on any atom is -0.464 e. The molecule has 1 aromatic rings. The highest BCUT2D eigenvalue weighted by Crippen LogP contribution is 2.24. The summed E-state index contributed by atoms with van der Waals surface area (Å²) in [6, 6.07) is 0. The molecule has 0 saturated heterocycles. The number of hydrogen-bond acceptors (Lipinski definition) is 7. The molecular weight excluding hydrogens is 272 g/mol. The summed E-state index contributed by atoms with van der Waals surface area (Å²) >= 11 is 2.91. The fourth-order valence-corrected chi connectivity index (χ4v) is 2.29. The number of carbonyl (C=O) groups is 2. The van der Waals surface area contributed by atoms with Gasteiger partial charge in [0.2, 0.25) is 0 Å². The van der Waals surface area contributed by atoms with Crippen LogP contribution in [0.5, 0.6) is 0 Å². The van der Waals surface area contributed by atoms with E-state index >= 15 is 0 Å². The molecule has 0 bridgehead atoms. The maximum atomic E-state index is 11.5. The Morgan fingerprint density at radius 3 is 2.72 bits per heavy atom. The average Bonchev–Trinajstić information content (AvgIpc) is 2.79. The third-order valence-electron chi connectivity index (χ3n) is 2.27. The topological polar surface area (TPSA) is 68.3 Å². The fourth-order valence-electron chi connectivity index (χ4n) is 1.18. The molecule has 0 aliphatic rings. The Balaban J connectivity index is 2.89. The molecular formula is C11H16N2O3S2. The molecule has 0 saturated carbocycles. The number of aromatic nitrogens is 1. The van der Waals surface area contributed by atoms with Crippen molar-refractivity contribution in [2.45, 2.75) is 19.1 Å². The van der Waals surface area contributed by atoms with Gasteiger partial charge in [-0.2, -0.15) is 11.8 Å². The maximum absolute atomic E-state index is 11.5. The number of hydrogen-bond donors (Lipinski definition) is 1. The minimum absolute atomic E-state index is 0.0919. The Bertz CT molecular complexity index is 445. The van der Waals surface area contributed by atoms with Gasteiger partial charge in [-0.1, -0.05) is 18.3 Å². The Morgan fingerprint density at radius 1 is 1.56 bits per heavy atom. The Kier molecular flexibility index (Phi) is 5.61. The number of ether oxygens (including phenoxy) is 1. The SMILES string of the molecule is COC(=O)c1nc(NCC(C)SC)sc1C(C)=O. The second-order valence-electron chi connectivity index (χ2n) is 3.67. The summed E-state index contributed by atoms with van der Waals surface area (Å²) in [5.41, 5.74) is 0.0919. The van der Waals surface area contributed by atoms with Crippen LogP contribution in [0.25, 0.3) is 0 Å². The molecule has 0 spiro atoms. The van der Waals surface area contributed by atoms with Crippen molar-refractivity contribution in [3.63, 3.8) is 0 Å². The first-order valence-corrected chi connectivity index (χ1v) is 7.46. The molecule has 5 nitrogen and oxygen atoms in total. The summed E-state index contributed by atoms with van der Waals surface area (Å²) in [5, 5.41) is 4.11. The number of methoxy groups -OCH3 is 1. The zero-order valence-corrected chi connectivity index (χ0v) is 12.4. The molecule has 0 radical (unpaired) electrons. The van der Waals surface area contributed by atoms with Crippen molar-refractivity contribution in [1.29, 1.82) is 0 Å². The number of thiazole rings is 1. The van der Waals surface area contributed by atoms with E-state index in [-0.39, 0.29) is 11.5 Å². The van der Waals surface area contributed by atoms with Gasteiger partial charge in [-0.05, 0) is 6.26 Å². The summed E-state index contributed by atoms with van der Waals surface area (Å²) in [4.78, 5) is 27.4. The van der Waals surface area contributed by atoms with Crippen molar-refractivity contribution >= 4 is 40.0 Å². The zero-order chi connectivity index (χ0) is 13.7. The molecule has 1 unspecified atom stereocenters. The molecule has 7 heteroatoms. The highest BCUT2D eigenvalue weighted by molar-refractivity contribution is 7.99. The lowest BCUT2D eigenvalue weighted by molar-refractivity contribution is 0.0591. The summed E-state index contributed by atoms with van der Waals surface area (Å²) in [5.74, 6) is -0.763. The number of rotatable bonds is 6. The van der Waals surface area contributed by atoms with E-state index in [1.54, 1.807) is 11.8 Å². The number of nitrogens with one attached hydrogen (secondary N) is 1. The van der Waals surface area contributed by atoms with Gasteiger partial charge in [-0.3, -0.25) is 4.79 Å². The van der Waals surface area contributed by atoms with Crippen LogP contribution in [0.3, 0.4) is 0 Å². The smallest absolute Gasteiger partial charge is 0.358 e. The lowest BCUT2D eigenvalue weighted by Crippen LogP contribution is -2.12. The molecule has 0 aromatic carbocycles. The van der Waals surface area contributed by atoms with Gasteiger partial charge in [-0.15, -0.1) is 0 Å². The van der Waals surface area contributed by atoms with Gasteiger partial charge in [0.25, 0.3) is 0 Å². The molecule has 0 aliphatic heterocycles. The van der Waals surface area contributed by atoms with Gasteiger partial charge in [-0.25, -0.2) is 9.78 Å². The van der Waals surface area contributed by atoms with Crippen molar-refractivity contribution in [3.05, 3.63) is 10.6 Å². The number of anilines is 1. The predicted molar refractivity (Wildman–Crippen MR) is 74.9 cm³/mol. The quantitative estimate of drug-likeness (QED) is 0.640. The van der Waals surface area contributed by atoms with E-state index in [1.807, 2.05) is 6.26 Å². The first-order chi connectivity index (χ1) is 8.49. The van der Waals surface area contributed by atoms with Crippen molar-refractivity contribution in [2.24, 2.45) is 0 Å². The van der Waals surface area contributed by atoms with Crippen LogP contribution in [0, 0.1) is 0 Å². The molecule has 0 aliphatic carbocycles. The van der Waals surface area contributed by atoms with Crippen LogP contribution in [0.15, 0.2) is 0 Å². The number of nitrogens with zero attached hydrogens (tertiary/aromatic N) is 1. The third-order valence-corrected chi connectivity index (χ3v) is 4.35. The fraction of sp³-hybridized carbons (Fsp3) is 0.545. The zero-order valence-electron chi connectivity index (χ0n) is 10.8. The van der Waals surface area contributed by atoms with E-state index in [1.165, 1.54) is 25.4 Å². The Hall–Kier alpha value is -1.08. The molecule has 100 valence electrons. The van der Waals surface area contributed by atoms with Crippen molar-refractivity contribution < 1.29 is 14.3 Å². The molecule has 1 atom stereocenters. The summed E-state index contributed by atoms with van der Waals surface area (Å²) in [7, 11) is 1.27. The summed E-state index contributed by atoms with van der Waals surface area (Å²) in [6.07, 6.45) is 2.02. The van der Waals surface area contributed by atoms with Crippen LogP contribution in [-0.4, -0.2) is 41.9 Å². The van der Waals surface area contributed by atoms with Crippen LogP contribution in [-0.2, 0) is 4.74 Å². The number of Topliss-reactive ketones (excluding diaryl/α,β-unsaturated/α-hetero) is 1. The van der Waals surface area contributed by atoms with E-state index in [9.17, 15) is 9.59 Å². The van der Waals surface area contributed by atoms with Gasteiger partial charge in [0.1, 0.15) is 4.88 Å². The molecule has 0 fully saturated rings. The third kappa shape index (κ3) is 3.71. The van der Waals surface area contributed by atoms with E-state index in [2.05, 4.69) is 22.0 Å². The molecule has 1 N–H and O–H groups in total. The highest BCUT2D eigenvalue weighted by Gasteiger charge is 2.21. The summed E-state index contributed by atoms with van der Waals surface area (Å²) in [6.45, 7) is 4.22. The number of esters is 1. The number of carbonyl (C=O) groups excluding carboxylic acids is 2.